The van der Waals surface area contributed by atoms with E-state index < -0.39 is 0 Å². The molecule has 0 rings (SSSR count). The van der Waals surface area contributed by atoms with Crippen LogP contribution in [0.25, 0.3) is 0 Å². The van der Waals surface area contributed by atoms with Crippen LogP contribution < -0.4 is 11.1 Å². The summed E-state index contributed by atoms with van der Waals surface area (Å²) in [6.07, 6.45) is 4.50. The van der Waals surface area contributed by atoms with Gasteiger partial charge in [0.1, 0.15) is 5.60 Å². The van der Waals surface area contributed by atoms with Crippen molar-refractivity contribution >= 4 is 6.09 Å². The maximum absolute atomic E-state index is 10.5. The van der Waals surface area contributed by atoms with Gasteiger partial charge in [-0.05, 0) is 33.6 Å². The highest BCUT2D eigenvalue weighted by molar-refractivity contribution is 5.67. The number of amides is 1. The third kappa shape index (κ3) is 17.8. The van der Waals surface area contributed by atoms with Crippen LogP contribution in [-0.2, 0) is 4.74 Å². The molecular formula is C13H30N2O2. The van der Waals surface area contributed by atoms with E-state index in [1.54, 1.807) is 0 Å². The number of hydrogen-bond donors (Lipinski definition) is 2. The average Bonchev–Trinajstić information content (AvgIpc) is 2.24. The first kappa shape index (κ1) is 18.6. The molecule has 1 unspecified atom stereocenters. The summed E-state index contributed by atoms with van der Waals surface area (Å²) in [6.45, 7) is 9.80. The molecule has 0 aliphatic heterocycles. The Hall–Kier alpha value is -0.770. The summed E-state index contributed by atoms with van der Waals surface area (Å²) in [4.78, 5) is 10.5. The highest BCUT2D eigenvalue weighted by atomic mass is 16.6. The summed E-state index contributed by atoms with van der Waals surface area (Å²) in [6, 6.07) is 0.454. The second kappa shape index (κ2) is 10.4. The molecule has 4 heteroatoms. The van der Waals surface area contributed by atoms with Gasteiger partial charge in [0.2, 0.25) is 0 Å². The molecule has 104 valence electrons. The Morgan fingerprint density at radius 3 is 2.12 bits per heavy atom. The van der Waals surface area contributed by atoms with Crippen molar-refractivity contribution in [3.63, 3.8) is 0 Å². The quantitative estimate of drug-likeness (QED) is 0.801. The molecule has 0 radical (unpaired) electrons. The normalized spacial score (nSPS) is 12.2. The third-order valence-corrected chi connectivity index (χ3v) is 2.06. The Labute approximate surface area is 106 Å². The Balaban J connectivity index is 0. The number of nitrogens with one attached hydrogen (secondary N) is 1. The first-order valence-corrected chi connectivity index (χ1v) is 6.43. The second-order valence-corrected chi connectivity index (χ2v) is 5.06. The lowest BCUT2D eigenvalue weighted by Gasteiger charge is -2.18. The highest BCUT2D eigenvalue weighted by Gasteiger charge is 2.13. The molecule has 0 bridgehead atoms. The number of hydrogen-bond acceptors (Lipinski definition) is 3. The molecule has 17 heavy (non-hydrogen) atoms. The Kier molecular flexibility index (Phi) is 11.4. The largest absolute Gasteiger partial charge is 0.444 e. The van der Waals surface area contributed by atoms with Crippen molar-refractivity contribution in [2.24, 2.45) is 5.73 Å². The van der Waals surface area contributed by atoms with E-state index in [0.29, 0.717) is 6.04 Å². The minimum Gasteiger partial charge on any atom is -0.444 e. The predicted octanol–water partition coefficient (Wildman–Crippen LogP) is 3.05. The molecule has 0 heterocycles. The zero-order valence-corrected chi connectivity index (χ0v) is 12.3. The lowest BCUT2D eigenvalue weighted by Crippen LogP contribution is -2.30. The van der Waals surface area contributed by atoms with Crippen LogP contribution in [0.3, 0.4) is 0 Å². The van der Waals surface area contributed by atoms with E-state index in [-0.39, 0.29) is 11.7 Å². The molecule has 0 fully saturated rings. The first-order chi connectivity index (χ1) is 7.76. The number of carbonyl (C=O) groups is 1. The standard InChI is InChI=1S/C7H17N.C6H13NO2/c1-3-5-6-7(8)4-2;1-6(2,3)9-5(8)7-4/h7H,3-6,8H2,1-2H3;1-4H3,(H,7,8). The van der Waals surface area contributed by atoms with Crippen molar-refractivity contribution in [3.05, 3.63) is 0 Å². The number of ether oxygens (including phenoxy) is 1. The Bertz CT molecular complexity index is 188. The molecule has 0 aromatic heterocycles. The molecule has 0 aliphatic rings. The second-order valence-electron chi connectivity index (χ2n) is 5.06. The first-order valence-electron chi connectivity index (χ1n) is 6.43. The zero-order chi connectivity index (χ0) is 13.9. The van der Waals surface area contributed by atoms with Crippen LogP contribution in [0.15, 0.2) is 0 Å². The van der Waals surface area contributed by atoms with Gasteiger partial charge >= 0.3 is 6.09 Å². The van der Waals surface area contributed by atoms with E-state index in [9.17, 15) is 4.79 Å². The molecule has 1 atom stereocenters. The van der Waals surface area contributed by atoms with Gasteiger partial charge < -0.3 is 15.8 Å². The average molecular weight is 246 g/mol. The lowest BCUT2D eigenvalue weighted by molar-refractivity contribution is 0.0541. The topological polar surface area (TPSA) is 64.3 Å². The van der Waals surface area contributed by atoms with E-state index in [1.807, 2.05) is 20.8 Å². The Morgan fingerprint density at radius 1 is 1.35 bits per heavy atom. The monoisotopic (exact) mass is 246 g/mol. The van der Waals surface area contributed by atoms with E-state index in [0.717, 1.165) is 6.42 Å². The molecule has 3 N–H and O–H groups in total. The van der Waals surface area contributed by atoms with Gasteiger partial charge in [0, 0.05) is 13.1 Å². The van der Waals surface area contributed by atoms with E-state index in [4.69, 9.17) is 10.5 Å². The van der Waals surface area contributed by atoms with Crippen LogP contribution in [0.2, 0.25) is 0 Å². The van der Waals surface area contributed by atoms with Crippen LogP contribution in [-0.4, -0.2) is 24.8 Å². The fourth-order valence-corrected chi connectivity index (χ4v) is 1.000. The number of alkyl carbamates (subject to hydrolysis) is 1. The van der Waals surface area contributed by atoms with Crippen LogP contribution in [0.4, 0.5) is 4.79 Å². The van der Waals surface area contributed by atoms with Gasteiger partial charge in [-0.1, -0.05) is 26.7 Å². The summed E-state index contributed by atoms with van der Waals surface area (Å²) in [7, 11) is 1.54. The number of nitrogens with two attached hydrogens (primary N) is 1. The van der Waals surface area contributed by atoms with E-state index in [2.05, 4.69) is 19.2 Å². The highest BCUT2D eigenvalue weighted by Crippen LogP contribution is 2.05. The SMILES string of the molecule is CCCCC(N)CC.CNC(=O)OC(C)(C)C. The van der Waals surface area contributed by atoms with Crippen molar-refractivity contribution < 1.29 is 9.53 Å². The maximum Gasteiger partial charge on any atom is 0.407 e. The smallest absolute Gasteiger partial charge is 0.407 e. The fourth-order valence-electron chi connectivity index (χ4n) is 1.000. The van der Waals surface area contributed by atoms with Crippen LogP contribution in [0.1, 0.15) is 60.3 Å². The van der Waals surface area contributed by atoms with Gasteiger partial charge in [-0.15, -0.1) is 0 Å². The summed E-state index contributed by atoms with van der Waals surface area (Å²) in [5.74, 6) is 0. The lowest BCUT2D eigenvalue weighted by atomic mass is 10.1. The Morgan fingerprint density at radius 2 is 1.88 bits per heavy atom. The molecule has 0 aromatic rings. The van der Waals surface area contributed by atoms with Crippen LogP contribution >= 0.6 is 0 Å². The molecule has 0 aromatic carbocycles. The van der Waals surface area contributed by atoms with Crippen molar-refractivity contribution in [1.29, 1.82) is 0 Å². The number of unbranched alkanes of at least 4 members (excludes halogenated alkanes) is 1. The van der Waals surface area contributed by atoms with Crippen molar-refractivity contribution in [2.45, 2.75) is 71.9 Å². The molecule has 4 nitrogen and oxygen atoms in total. The van der Waals surface area contributed by atoms with Crippen LogP contribution in [0.5, 0.6) is 0 Å². The summed E-state index contributed by atoms with van der Waals surface area (Å²) in [5.41, 5.74) is 5.27. The van der Waals surface area contributed by atoms with E-state index >= 15 is 0 Å². The zero-order valence-electron chi connectivity index (χ0n) is 12.3. The fraction of sp³-hybridized carbons (Fsp3) is 0.923. The summed E-state index contributed by atoms with van der Waals surface area (Å²) >= 11 is 0. The van der Waals surface area contributed by atoms with Gasteiger partial charge in [0.15, 0.2) is 0 Å². The van der Waals surface area contributed by atoms with Gasteiger partial charge in [-0.3, -0.25) is 0 Å². The van der Waals surface area contributed by atoms with Crippen LogP contribution in [0, 0.1) is 0 Å². The minimum absolute atomic E-state index is 0.387. The van der Waals surface area contributed by atoms with Crippen molar-refractivity contribution in [1.82, 2.24) is 5.32 Å². The van der Waals surface area contributed by atoms with Crippen molar-refractivity contribution in [3.8, 4) is 0 Å². The van der Waals surface area contributed by atoms with E-state index in [1.165, 1.54) is 26.3 Å². The number of rotatable bonds is 4. The predicted molar refractivity (Wildman–Crippen MR) is 73.1 cm³/mol. The van der Waals surface area contributed by atoms with Gasteiger partial charge in [0.05, 0.1) is 0 Å². The van der Waals surface area contributed by atoms with Gasteiger partial charge in [-0.25, -0.2) is 4.79 Å². The molecule has 0 spiro atoms. The molecule has 0 aliphatic carbocycles. The minimum atomic E-state index is -0.389. The number of carbonyl (C=O) groups excluding carboxylic acids is 1. The molecule has 0 saturated heterocycles. The van der Waals surface area contributed by atoms with Crippen molar-refractivity contribution in [2.75, 3.05) is 7.05 Å². The van der Waals surface area contributed by atoms with Gasteiger partial charge in [0.25, 0.3) is 0 Å². The maximum atomic E-state index is 10.5. The summed E-state index contributed by atoms with van der Waals surface area (Å²) in [5, 5.41) is 2.36. The third-order valence-electron chi connectivity index (χ3n) is 2.06. The molecule has 0 saturated carbocycles. The molecule has 1 amide bonds. The van der Waals surface area contributed by atoms with Gasteiger partial charge in [-0.2, -0.15) is 0 Å². The molecular weight excluding hydrogens is 216 g/mol. The summed E-state index contributed by atoms with van der Waals surface area (Å²) < 4.78 is 4.84.